The Kier molecular flexibility index (Phi) is 2.84. The zero-order valence-corrected chi connectivity index (χ0v) is 8.27. The molecule has 0 fully saturated rings. The number of hydrogen-bond donors (Lipinski definition) is 0. The molecule has 1 aromatic carbocycles. The number of ether oxygens (including phenoxy) is 2. The molecule has 0 bridgehead atoms. The van der Waals surface area contributed by atoms with E-state index in [1.165, 1.54) is 0 Å². The van der Waals surface area contributed by atoms with Crippen molar-refractivity contribution in [3.63, 3.8) is 0 Å². The maximum Gasteiger partial charge on any atom is 0.124 e. The van der Waals surface area contributed by atoms with Crippen LogP contribution in [-0.4, -0.2) is 13.7 Å². The van der Waals surface area contributed by atoms with Gasteiger partial charge in [0.15, 0.2) is 0 Å². The van der Waals surface area contributed by atoms with Crippen molar-refractivity contribution in [1.29, 1.82) is 0 Å². The third-order valence-electron chi connectivity index (χ3n) is 2.40. The Labute approximate surface area is 84.2 Å². The fourth-order valence-corrected chi connectivity index (χ4v) is 1.68. The number of para-hydroxylation sites is 1. The molecule has 0 saturated heterocycles. The topological polar surface area (TPSA) is 18.5 Å². The van der Waals surface area contributed by atoms with E-state index in [2.05, 4.69) is 12.1 Å². The summed E-state index contributed by atoms with van der Waals surface area (Å²) in [7, 11) is 1.69. The molecule has 1 aliphatic heterocycles. The molecule has 74 valence electrons. The van der Waals surface area contributed by atoms with Gasteiger partial charge in [-0.1, -0.05) is 30.4 Å². The lowest BCUT2D eigenvalue weighted by Gasteiger charge is -2.21. The van der Waals surface area contributed by atoms with E-state index in [1.807, 2.05) is 24.3 Å². The van der Waals surface area contributed by atoms with Gasteiger partial charge in [0, 0.05) is 5.56 Å². The van der Waals surface area contributed by atoms with Crippen LogP contribution < -0.4 is 4.74 Å². The molecule has 14 heavy (non-hydrogen) atoms. The van der Waals surface area contributed by atoms with Gasteiger partial charge in [0.1, 0.15) is 5.75 Å². The third-order valence-corrected chi connectivity index (χ3v) is 2.40. The first kappa shape index (κ1) is 9.28. The highest BCUT2D eigenvalue weighted by Crippen LogP contribution is 2.31. The minimum absolute atomic E-state index is 0.149. The van der Waals surface area contributed by atoms with Crippen LogP contribution in [0.2, 0.25) is 0 Å². The summed E-state index contributed by atoms with van der Waals surface area (Å²) in [5, 5.41) is 0. The van der Waals surface area contributed by atoms with Gasteiger partial charge in [0.25, 0.3) is 0 Å². The van der Waals surface area contributed by atoms with E-state index in [4.69, 9.17) is 9.47 Å². The average Bonchev–Trinajstić information content (AvgIpc) is 2.30. The number of methoxy groups -OCH3 is 1. The second kappa shape index (κ2) is 4.29. The first-order valence-electron chi connectivity index (χ1n) is 4.81. The summed E-state index contributed by atoms with van der Waals surface area (Å²) in [5.74, 6) is 0.910. The molecule has 1 heterocycles. The maximum absolute atomic E-state index is 5.64. The van der Waals surface area contributed by atoms with Gasteiger partial charge in [-0.2, -0.15) is 0 Å². The highest BCUT2D eigenvalue weighted by atomic mass is 16.5. The largest absolute Gasteiger partial charge is 0.496 e. The minimum atomic E-state index is 0.149. The summed E-state index contributed by atoms with van der Waals surface area (Å²) in [6.07, 6.45) is 5.28. The molecule has 2 nitrogen and oxygen atoms in total. The van der Waals surface area contributed by atoms with Crippen molar-refractivity contribution < 1.29 is 9.47 Å². The van der Waals surface area contributed by atoms with E-state index in [0.717, 1.165) is 17.7 Å². The van der Waals surface area contributed by atoms with Gasteiger partial charge in [0.2, 0.25) is 0 Å². The van der Waals surface area contributed by atoms with Gasteiger partial charge in [-0.05, 0) is 12.5 Å². The van der Waals surface area contributed by atoms with Crippen molar-refractivity contribution in [3.8, 4) is 5.75 Å². The van der Waals surface area contributed by atoms with Crippen LogP contribution in [0, 0.1) is 0 Å². The van der Waals surface area contributed by atoms with E-state index in [0.29, 0.717) is 6.61 Å². The zero-order valence-electron chi connectivity index (χ0n) is 8.27. The first-order chi connectivity index (χ1) is 6.92. The monoisotopic (exact) mass is 190 g/mol. The lowest BCUT2D eigenvalue weighted by atomic mass is 10.0. The van der Waals surface area contributed by atoms with Gasteiger partial charge in [-0.15, -0.1) is 0 Å². The molecule has 1 aromatic rings. The second-order valence-electron chi connectivity index (χ2n) is 3.27. The maximum atomic E-state index is 5.64. The minimum Gasteiger partial charge on any atom is -0.496 e. The summed E-state index contributed by atoms with van der Waals surface area (Å²) in [5.41, 5.74) is 1.14. The number of rotatable bonds is 2. The highest BCUT2D eigenvalue weighted by Gasteiger charge is 2.16. The van der Waals surface area contributed by atoms with Crippen molar-refractivity contribution in [2.75, 3.05) is 13.7 Å². The molecule has 0 radical (unpaired) electrons. The van der Waals surface area contributed by atoms with Crippen LogP contribution >= 0.6 is 0 Å². The van der Waals surface area contributed by atoms with Crippen molar-refractivity contribution in [2.24, 2.45) is 0 Å². The molecule has 0 aromatic heterocycles. The van der Waals surface area contributed by atoms with E-state index in [-0.39, 0.29) is 6.10 Å². The Balaban J connectivity index is 2.25. The standard InChI is InChI=1S/C12H14O2/c1-13-11-7-3-2-6-10(11)12-8-4-5-9-14-12/h2-7,12H,8-9H2,1H3. The number of hydrogen-bond acceptors (Lipinski definition) is 2. The van der Waals surface area contributed by atoms with Crippen molar-refractivity contribution in [3.05, 3.63) is 42.0 Å². The number of benzene rings is 1. The Bertz CT molecular complexity index is 331. The summed E-state index contributed by atoms with van der Waals surface area (Å²) in [4.78, 5) is 0. The van der Waals surface area contributed by atoms with E-state index >= 15 is 0 Å². The van der Waals surface area contributed by atoms with Crippen molar-refractivity contribution in [2.45, 2.75) is 12.5 Å². The van der Waals surface area contributed by atoms with Crippen LogP contribution in [0.3, 0.4) is 0 Å². The molecule has 0 saturated carbocycles. The van der Waals surface area contributed by atoms with E-state index in [9.17, 15) is 0 Å². The molecule has 0 N–H and O–H groups in total. The fourth-order valence-electron chi connectivity index (χ4n) is 1.68. The van der Waals surface area contributed by atoms with Crippen LogP contribution in [0.1, 0.15) is 18.1 Å². The van der Waals surface area contributed by atoms with Gasteiger partial charge in [-0.25, -0.2) is 0 Å². The molecular weight excluding hydrogens is 176 g/mol. The van der Waals surface area contributed by atoms with Crippen molar-refractivity contribution >= 4 is 0 Å². The van der Waals surface area contributed by atoms with Gasteiger partial charge < -0.3 is 9.47 Å². The Morgan fingerprint density at radius 3 is 2.86 bits per heavy atom. The van der Waals surface area contributed by atoms with Crippen LogP contribution in [0.4, 0.5) is 0 Å². The molecule has 2 heteroatoms. The molecular formula is C12H14O2. The molecule has 2 rings (SSSR count). The smallest absolute Gasteiger partial charge is 0.124 e. The van der Waals surface area contributed by atoms with E-state index < -0.39 is 0 Å². The predicted molar refractivity (Wildman–Crippen MR) is 55.4 cm³/mol. The molecule has 1 unspecified atom stereocenters. The average molecular weight is 190 g/mol. The lowest BCUT2D eigenvalue weighted by Crippen LogP contribution is -2.08. The summed E-state index contributed by atoms with van der Waals surface area (Å²) >= 11 is 0. The van der Waals surface area contributed by atoms with Crippen LogP contribution in [0.5, 0.6) is 5.75 Å². The molecule has 0 spiro atoms. The molecule has 0 amide bonds. The summed E-state index contributed by atoms with van der Waals surface area (Å²) in [6.45, 7) is 0.697. The fraction of sp³-hybridized carbons (Fsp3) is 0.333. The summed E-state index contributed by atoms with van der Waals surface area (Å²) < 4.78 is 10.9. The predicted octanol–water partition coefficient (Wildman–Crippen LogP) is 2.71. The zero-order chi connectivity index (χ0) is 9.80. The third kappa shape index (κ3) is 1.80. The normalized spacial score (nSPS) is 20.8. The Morgan fingerprint density at radius 1 is 1.29 bits per heavy atom. The van der Waals surface area contributed by atoms with Gasteiger partial charge in [-0.3, -0.25) is 0 Å². The Morgan fingerprint density at radius 2 is 2.14 bits per heavy atom. The van der Waals surface area contributed by atoms with Gasteiger partial charge in [0.05, 0.1) is 19.8 Å². The molecule has 1 atom stereocenters. The van der Waals surface area contributed by atoms with Crippen molar-refractivity contribution in [1.82, 2.24) is 0 Å². The second-order valence-corrected chi connectivity index (χ2v) is 3.27. The van der Waals surface area contributed by atoms with E-state index in [1.54, 1.807) is 7.11 Å². The molecule has 1 aliphatic rings. The highest BCUT2D eigenvalue weighted by molar-refractivity contribution is 5.35. The van der Waals surface area contributed by atoms with Crippen LogP contribution in [-0.2, 0) is 4.74 Å². The van der Waals surface area contributed by atoms with Crippen LogP contribution in [0.15, 0.2) is 36.4 Å². The first-order valence-corrected chi connectivity index (χ1v) is 4.81. The molecule has 0 aliphatic carbocycles. The van der Waals surface area contributed by atoms with Crippen LogP contribution in [0.25, 0.3) is 0 Å². The Hall–Kier alpha value is -1.28. The quantitative estimate of drug-likeness (QED) is 0.667. The summed E-state index contributed by atoms with van der Waals surface area (Å²) in [6, 6.07) is 8.01. The SMILES string of the molecule is COc1ccccc1C1CC=CCO1. The van der Waals surface area contributed by atoms with Gasteiger partial charge >= 0.3 is 0 Å². The lowest BCUT2D eigenvalue weighted by molar-refractivity contribution is 0.0658.